The summed E-state index contributed by atoms with van der Waals surface area (Å²) in [7, 11) is -18.0. The minimum atomic E-state index is -4.59. The number of fused-ring (bicyclic) bond motifs is 2. The van der Waals surface area contributed by atoms with Crippen molar-refractivity contribution < 1.29 is 66.4 Å². The van der Waals surface area contributed by atoms with Gasteiger partial charge in [0.15, 0.2) is 6.54 Å². The molecule has 0 aromatic heterocycles. The summed E-state index contributed by atoms with van der Waals surface area (Å²) < 4.78 is 137. The smallest absolute Gasteiger partial charge is 0.312 e. The van der Waals surface area contributed by atoms with Gasteiger partial charge in [-0.1, -0.05) is 39.8 Å². The van der Waals surface area contributed by atoms with Gasteiger partial charge in [-0.05, 0) is 78.9 Å². The molecule has 0 amide bonds. The van der Waals surface area contributed by atoms with Crippen LogP contribution in [0, 0.1) is 5.92 Å². The third kappa shape index (κ3) is 9.32. The first-order valence-corrected chi connectivity index (χ1v) is 25.1. The molecule has 2 aromatic carbocycles. The van der Waals surface area contributed by atoms with Crippen LogP contribution in [0.15, 0.2) is 93.0 Å². The number of anilines is 2. The summed E-state index contributed by atoms with van der Waals surface area (Å²) in [5.41, 5.74) is 3.57. The van der Waals surface area contributed by atoms with Crippen molar-refractivity contribution in [3.8, 4) is 0 Å². The van der Waals surface area contributed by atoms with Crippen molar-refractivity contribution in [3.63, 3.8) is 0 Å². The maximum absolute atomic E-state index is 12.2. The average molecular weight is 911 g/mol. The Kier molecular flexibility index (Phi) is 12.0. The summed E-state index contributed by atoms with van der Waals surface area (Å²) in [6.45, 7) is 7.61. The summed E-state index contributed by atoms with van der Waals surface area (Å²) >= 11 is 0. The third-order valence-corrected chi connectivity index (χ3v) is 14.8. The van der Waals surface area contributed by atoms with Crippen LogP contribution in [-0.4, -0.2) is 111 Å². The van der Waals surface area contributed by atoms with E-state index in [1.807, 2.05) is 44.4 Å². The number of carbonyl (C=O) groups is 1. The Morgan fingerprint density at radius 3 is 1.48 bits per heavy atom. The lowest BCUT2D eigenvalue weighted by Gasteiger charge is -2.27. The van der Waals surface area contributed by atoms with E-state index in [1.54, 1.807) is 22.0 Å². The van der Waals surface area contributed by atoms with E-state index in [-0.39, 0.29) is 29.4 Å². The van der Waals surface area contributed by atoms with E-state index in [2.05, 4.69) is 0 Å². The minimum absolute atomic E-state index is 0.185. The lowest BCUT2D eigenvalue weighted by Crippen LogP contribution is -2.36. The summed E-state index contributed by atoms with van der Waals surface area (Å²) in [4.78, 5) is 14.9. The van der Waals surface area contributed by atoms with Crippen LogP contribution in [0.2, 0.25) is 0 Å². The molecule has 2 aromatic rings. The fourth-order valence-corrected chi connectivity index (χ4v) is 10.5. The van der Waals surface area contributed by atoms with Crippen molar-refractivity contribution in [2.24, 2.45) is 5.92 Å². The highest BCUT2D eigenvalue weighted by Crippen LogP contribution is 2.50. The van der Waals surface area contributed by atoms with E-state index in [1.165, 1.54) is 36.4 Å². The van der Waals surface area contributed by atoms with Gasteiger partial charge in [0, 0.05) is 64.3 Å². The number of hydrogen-bond donors (Lipinski definition) is 5. The molecule has 1 atom stereocenters. The van der Waals surface area contributed by atoms with Gasteiger partial charge in [-0.2, -0.15) is 33.7 Å². The molecule has 1 saturated heterocycles. The fourth-order valence-electron chi connectivity index (χ4n) is 8.71. The van der Waals surface area contributed by atoms with Crippen molar-refractivity contribution in [3.05, 3.63) is 94.4 Å². The van der Waals surface area contributed by atoms with Crippen LogP contribution in [-0.2, 0) is 56.1 Å². The lowest BCUT2D eigenvalue weighted by molar-refractivity contribution is -0.542. The molecule has 1 aliphatic carbocycles. The van der Waals surface area contributed by atoms with Gasteiger partial charge in [-0.3, -0.25) is 23.0 Å². The van der Waals surface area contributed by atoms with Gasteiger partial charge in [0.25, 0.3) is 40.5 Å². The molecule has 60 heavy (non-hydrogen) atoms. The highest BCUT2D eigenvalue weighted by molar-refractivity contribution is 7.86. The van der Waals surface area contributed by atoms with Gasteiger partial charge < -0.3 is 14.9 Å². The van der Waals surface area contributed by atoms with Gasteiger partial charge in [0.2, 0.25) is 5.71 Å². The lowest BCUT2D eigenvalue weighted by atomic mass is 9.83. The van der Waals surface area contributed by atoms with E-state index in [9.17, 15) is 61.8 Å². The second-order valence-corrected chi connectivity index (χ2v) is 22.4. The molecule has 3 heterocycles. The zero-order chi connectivity index (χ0) is 44.4. The molecule has 6 rings (SSSR count). The molecule has 21 heteroatoms. The van der Waals surface area contributed by atoms with E-state index in [0.717, 1.165) is 16.9 Å². The summed E-state index contributed by atoms with van der Waals surface area (Å²) in [6, 6.07) is 7.99. The van der Waals surface area contributed by atoms with Crippen molar-refractivity contribution in [1.29, 1.82) is 0 Å². The number of piperidine rings is 1. The molecule has 0 bridgehead atoms. The number of carboxylic acids is 1. The first kappa shape index (κ1) is 45.3. The Bertz CT molecular complexity index is 2600. The highest BCUT2D eigenvalue weighted by Gasteiger charge is 2.43. The van der Waals surface area contributed by atoms with E-state index < -0.39 is 74.7 Å². The van der Waals surface area contributed by atoms with Crippen molar-refractivity contribution in [1.82, 2.24) is 0 Å². The maximum Gasteiger partial charge on any atom is 0.312 e. The number of hydrogen-bond acceptors (Lipinski definition) is 11. The Balaban J connectivity index is 1.49. The minimum Gasteiger partial charge on any atom is -0.481 e. The number of aliphatic carboxylic acids is 1. The molecule has 17 nitrogen and oxygen atoms in total. The van der Waals surface area contributed by atoms with Crippen LogP contribution in [0.4, 0.5) is 11.4 Å². The zero-order valence-corrected chi connectivity index (χ0v) is 36.6. The van der Waals surface area contributed by atoms with Crippen LogP contribution in [0.3, 0.4) is 0 Å². The van der Waals surface area contributed by atoms with Crippen LogP contribution in [0.1, 0.15) is 64.5 Å². The third-order valence-electron chi connectivity index (χ3n) is 11.7. The molecule has 326 valence electrons. The predicted molar refractivity (Wildman–Crippen MR) is 223 cm³/mol. The van der Waals surface area contributed by atoms with Crippen LogP contribution in [0.5, 0.6) is 0 Å². The molecule has 2 fully saturated rings. The molecular formula is C39H48N3O14S4+. The fraction of sp³-hybridized carbons (Fsp3) is 0.436. The Hall–Kier alpha value is -4.22. The molecule has 0 spiro atoms. The van der Waals surface area contributed by atoms with E-state index >= 15 is 0 Å². The standard InChI is InChI=1S/C39H47N3O14S4/c1-38(2)30-22-28(59(51,52)53)11-13-32(30)41(18-20-57(45,46)47)34(38)15-9-25-7-8-26(36(25)40-17-5-6-27(24-40)37(43)44)10-16-35-39(3,4)31-23-29(60(54,55)56)12-14-33(31)42(35)19-21-58(48,49)50/h9-16,22-23,27H,5-8,17-21,24H2,1-4H3,(H4-,43,44,45,46,47,48,49,50,51,52,53,54,55,56)/p+1. The van der Waals surface area contributed by atoms with Crippen LogP contribution in [0.25, 0.3) is 0 Å². The number of carboxylic acid groups (broad SMARTS) is 1. The monoisotopic (exact) mass is 910 g/mol. The van der Waals surface area contributed by atoms with E-state index in [4.69, 9.17) is 0 Å². The number of rotatable bonds is 11. The summed E-state index contributed by atoms with van der Waals surface area (Å²) in [6.07, 6.45) is 9.32. The SMILES string of the molecule is CC1(C)C(=CC=C2CC/C(=C\C=C3/N(CCS(=O)(=O)O)c4ccc(S(=O)(=O)O)cc4C3(C)C)C2=[N+]2CCCC(C(=O)O)C2)N(CCS(=O)(=O)O)c2ccc(S(=O)(=O)O)cc21. The molecule has 3 aliphatic heterocycles. The maximum atomic E-state index is 12.2. The molecule has 4 aliphatic rings. The first-order chi connectivity index (χ1) is 27.6. The zero-order valence-electron chi connectivity index (χ0n) is 33.3. The van der Waals surface area contributed by atoms with E-state index in [0.29, 0.717) is 66.1 Å². The Labute approximate surface area is 350 Å². The van der Waals surface area contributed by atoms with Gasteiger partial charge in [-0.25, -0.2) is 4.58 Å². The first-order valence-electron chi connectivity index (χ1n) is 19.0. The molecule has 5 N–H and O–H groups in total. The molecule has 1 saturated carbocycles. The van der Waals surface area contributed by atoms with Crippen LogP contribution >= 0.6 is 0 Å². The Morgan fingerprint density at radius 1 is 0.700 bits per heavy atom. The van der Waals surface area contributed by atoms with Gasteiger partial charge in [0.1, 0.15) is 12.5 Å². The number of allylic oxidation sites excluding steroid dienone is 8. The quantitative estimate of drug-likeness (QED) is 0.156. The summed E-state index contributed by atoms with van der Waals surface area (Å²) in [5.74, 6) is -2.87. The van der Waals surface area contributed by atoms with Crippen LogP contribution < -0.4 is 9.80 Å². The van der Waals surface area contributed by atoms with Crippen molar-refractivity contribution >= 4 is 63.5 Å². The van der Waals surface area contributed by atoms with Crippen molar-refractivity contribution in [2.45, 2.75) is 74.0 Å². The largest absolute Gasteiger partial charge is 0.481 e. The number of nitrogens with zero attached hydrogens (tertiary/aromatic N) is 3. The second-order valence-electron chi connectivity index (χ2n) is 16.4. The molecule has 0 radical (unpaired) electrons. The summed E-state index contributed by atoms with van der Waals surface area (Å²) in [5, 5.41) is 10.0. The second kappa shape index (κ2) is 15.9. The average Bonchev–Trinajstić information content (AvgIpc) is 3.70. The highest BCUT2D eigenvalue weighted by atomic mass is 32.2. The van der Waals surface area contributed by atoms with Crippen molar-refractivity contribution in [2.75, 3.05) is 47.5 Å². The Morgan fingerprint density at radius 2 is 1.12 bits per heavy atom. The van der Waals surface area contributed by atoms with Gasteiger partial charge in [0.05, 0.1) is 21.3 Å². The molecule has 1 unspecified atom stereocenters. The van der Waals surface area contributed by atoms with Gasteiger partial charge >= 0.3 is 5.97 Å². The molecular weight excluding hydrogens is 863 g/mol. The number of benzene rings is 2. The normalized spacial score (nSPS) is 24.5. The van der Waals surface area contributed by atoms with Gasteiger partial charge in [-0.15, -0.1) is 0 Å². The topological polar surface area (TPSA) is 264 Å². The predicted octanol–water partition coefficient (Wildman–Crippen LogP) is 4.21.